The van der Waals surface area contributed by atoms with Crippen molar-refractivity contribution in [1.29, 1.82) is 0 Å². The molecule has 1 aromatic rings. The van der Waals surface area contributed by atoms with Gasteiger partial charge in [0.05, 0.1) is 5.88 Å². The Morgan fingerprint density at radius 2 is 2.17 bits per heavy atom. The smallest absolute Gasteiger partial charge is 0.133 e. The highest BCUT2D eigenvalue weighted by Crippen LogP contribution is 2.32. The van der Waals surface area contributed by atoms with Crippen LogP contribution in [0, 0.1) is 13.8 Å². The number of thioether (sulfide) groups is 1. The Labute approximate surface area is 119 Å². The number of alkyl halides is 1. The first kappa shape index (κ1) is 14.0. The van der Waals surface area contributed by atoms with Gasteiger partial charge >= 0.3 is 0 Å². The van der Waals surface area contributed by atoms with Crippen LogP contribution in [0.25, 0.3) is 0 Å². The van der Waals surface area contributed by atoms with Crippen LogP contribution < -0.4 is 4.90 Å². The van der Waals surface area contributed by atoms with Gasteiger partial charge in [-0.2, -0.15) is 11.8 Å². The molecule has 0 saturated carbocycles. The Morgan fingerprint density at radius 3 is 2.83 bits per heavy atom. The fraction of sp³-hybridized carbons (Fsp3) is 0.643. The Hall–Kier alpha value is -0.410. The SMILES string of the molecule is Cc1cc(C)c(CCl)c(N2CCSC(C)C2C)n1. The van der Waals surface area contributed by atoms with E-state index >= 15 is 0 Å². The number of hydrogen-bond donors (Lipinski definition) is 0. The minimum Gasteiger partial charge on any atom is -0.352 e. The second-order valence-electron chi connectivity index (χ2n) is 5.03. The van der Waals surface area contributed by atoms with Crippen molar-refractivity contribution in [2.75, 3.05) is 17.2 Å². The molecule has 0 N–H and O–H groups in total. The van der Waals surface area contributed by atoms with E-state index in [2.05, 4.69) is 38.7 Å². The molecule has 1 fully saturated rings. The van der Waals surface area contributed by atoms with Gasteiger partial charge in [-0.05, 0) is 32.4 Å². The lowest BCUT2D eigenvalue weighted by molar-refractivity contribution is 0.617. The molecule has 2 rings (SSSR count). The summed E-state index contributed by atoms with van der Waals surface area (Å²) in [5, 5.41) is 0.643. The van der Waals surface area contributed by atoms with Crippen LogP contribution in [0.3, 0.4) is 0 Å². The van der Waals surface area contributed by atoms with Gasteiger partial charge in [0.2, 0.25) is 0 Å². The van der Waals surface area contributed by atoms with Gasteiger partial charge in [-0.1, -0.05) is 6.92 Å². The molecule has 2 atom stereocenters. The van der Waals surface area contributed by atoms with Crippen LogP contribution in [0.5, 0.6) is 0 Å². The van der Waals surface area contributed by atoms with Crippen LogP contribution in [0.4, 0.5) is 5.82 Å². The molecule has 1 aliphatic heterocycles. The summed E-state index contributed by atoms with van der Waals surface area (Å²) in [6.45, 7) is 9.83. The van der Waals surface area contributed by atoms with Crippen LogP contribution in [-0.2, 0) is 5.88 Å². The Balaban J connectivity index is 2.43. The number of aryl methyl sites for hydroxylation is 2. The van der Waals surface area contributed by atoms with E-state index in [0.29, 0.717) is 17.2 Å². The van der Waals surface area contributed by atoms with Gasteiger partial charge in [0, 0.05) is 34.8 Å². The van der Waals surface area contributed by atoms with E-state index in [9.17, 15) is 0 Å². The highest BCUT2D eigenvalue weighted by molar-refractivity contribution is 8.00. The van der Waals surface area contributed by atoms with Gasteiger partial charge in [0.15, 0.2) is 0 Å². The maximum Gasteiger partial charge on any atom is 0.133 e. The zero-order chi connectivity index (χ0) is 13.3. The number of aromatic nitrogens is 1. The molecule has 2 heterocycles. The summed E-state index contributed by atoms with van der Waals surface area (Å²) in [5.74, 6) is 2.81. The molecule has 4 heteroatoms. The average Bonchev–Trinajstić information content (AvgIpc) is 2.32. The van der Waals surface area contributed by atoms with Crippen molar-refractivity contribution in [1.82, 2.24) is 4.98 Å². The quantitative estimate of drug-likeness (QED) is 0.769. The van der Waals surface area contributed by atoms with Crippen molar-refractivity contribution in [2.45, 2.75) is 44.9 Å². The summed E-state index contributed by atoms with van der Waals surface area (Å²) in [4.78, 5) is 7.18. The fourth-order valence-corrected chi connectivity index (χ4v) is 3.91. The molecular formula is C14H21ClN2S. The van der Waals surface area contributed by atoms with E-state index in [4.69, 9.17) is 16.6 Å². The lowest BCUT2D eigenvalue weighted by Gasteiger charge is -2.39. The highest BCUT2D eigenvalue weighted by atomic mass is 35.5. The van der Waals surface area contributed by atoms with Crippen LogP contribution >= 0.6 is 23.4 Å². The number of pyridine rings is 1. The van der Waals surface area contributed by atoms with Crippen molar-refractivity contribution < 1.29 is 0 Å². The lowest BCUT2D eigenvalue weighted by Crippen LogP contribution is -2.45. The zero-order valence-electron chi connectivity index (χ0n) is 11.5. The number of anilines is 1. The van der Waals surface area contributed by atoms with Crippen molar-refractivity contribution in [3.8, 4) is 0 Å². The molecule has 0 aromatic carbocycles. The fourth-order valence-electron chi connectivity index (χ4n) is 2.48. The number of nitrogens with zero attached hydrogens (tertiary/aromatic N) is 2. The minimum atomic E-state index is 0.513. The maximum atomic E-state index is 6.12. The number of hydrogen-bond acceptors (Lipinski definition) is 3. The molecule has 0 aliphatic carbocycles. The standard InChI is InChI=1S/C14H21ClN2S/c1-9-7-10(2)16-14(13(9)8-15)17-5-6-18-12(4)11(17)3/h7,11-12H,5-6,8H2,1-4H3. The monoisotopic (exact) mass is 284 g/mol. The summed E-state index contributed by atoms with van der Waals surface area (Å²) in [6.07, 6.45) is 0. The molecular weight excluding hydrogens is 264 g/mol. The Morgan fingerprint density at radius 1 is 1.44 bits per heavy atom. The van der Waals surface area contributed by atoms with Crippen LogP contribution in [0.15, 0.2) is 6.07 Å². The summed E-state index contributed by atoms with van der Waals surface area (Å²) in [7, 11) is 0. The molecule has 100 valence electrons. The number of halogens is 1. The molecule has 0 radical (unpaired) electrons. The first-order valence-electron chi connectivity index (χ1n) is 6.46. The van der Waals surface area contributed by atoms with E-state index < -0.39 is 0 Å². The third-order valence-electron chi connectivity index (χ3n) is 3.74. The second kappa shape index (κ2) is 5.70. The second-order valence-corrected chi connectivity index (χ2v) is 6.78. The third-order valence-corrected chi connectivity index (χ3v) is 5.35. The zero-order valence-corrected chi connectivity index (χ0v) is 13.1. The Bertz CT molecular complexity index is 436. The average molecular weight is 285 g/mol. The largest absolute Gasteiger partial charge is 0.352 e. The van der Waals surface area contributed by atoms with Gasteiger partial charge in [0.1, 0.15) is 5.82 Å². The summed E-state index contributed by atoms with van der Waals surface area (Å²) in [6, 6.07) is 2.63. The van der Waals surface area contributed by atoms with Crippen LogP contribution in [-0.4, -0.2) is 28.6 Å². The molecule has 0 bridgehead atoms. The maximum absolute atomic E-state index is 6.12. The molecule has 1 aliphatic rings. The first-order chi connectivity index (χ1) is 8.54. The van der Waals surface area contributed by atoms with Gasteiger partial charge in [-0.15, -0.1) is 11.6 Å². The molecule has 2 nitrogen and oxygen atoms in total. The van der Waals surface area contributed by atoms with Crippen molar-refractivity contribution in [3.05, 3.63) is 22.9 Å². The van der Waals surface area contributed by atoms with E-state index in [1.807, 2.05) is 11.8 Å². The highest BCUT2D eigenvalue weighted by Gasteiger charge is 2.28. The molecule has 0 amide bonds. The minimum absolute atomic E-state index is 0.513. The summed E-state index contributed by atoms with van der Waals surface area (Å²) < 4.78 is 0. The predicted molar refractivity (Wildman–Crippen MR) is 82.0 cm³/mol. The van der Waals surface area contributed by atoms with E-state index in [-0.39, 0.29) is 0 Å². The van der Waals surface area contributed by atoms with E-state index in [1.54, 1.807) is 0 Å². The van der Waals surface area contributed by atoms with E-state index in [0.717, 1.165) is 18.1 Å². The van der Waals surface area contributed by atoms with Crippen LogP contribution in [0.2, 0.25) is 0 Å². The Kier molecular flexibility index (Phi) is 4.44. The topological polar surface area (TPSA) is 16.1 Å². The first-order valence-corrected chi connectivity index (χ1v) is 8.04. The lowest BCUT2D eigenvalue weighted by atomic mass is 10.1. The van der Waals surface area contributed by atoms with Crippen molar-refractivity contribution in [2.24, 2.45) is 0 Å². The van der Waals surface area contributed by atoms with E-state index in [1.165, 1.54) is 16.9 Å². The molecule has 18 heavy (non-hydrogen) atoms. The van der Waals surface area contributed by atoms with Crippen LogP contribution in [0.1, 0.15) is 30.7 Å². The molecule has 1 saturated heterocycles. The molecule has 1 aromatic heterocycles. The normalized spacial score (nSPS) is 24.4. The molecule has 2 unspecified atom stereocenters. The predicted octanol–water partition coefficient (Wildman–Crippen LogP) is 3.77. The summed E-state index contributed by atoms with van der Waals surface area (Å²) in [5.41, 5.74) is 3.52. The van der Waals surface area contributed by atoms with Gasteiger partial charge < -0.3 is 4.90 Å². The van der Waals surface area contributed by atoms with Gasteiger partial charge in [-0.3, -0.25) is 0 Å². The van der Waals surface area contributed by atoms with Gasteiger partial charge in [-0.25, -0.2) is 4.98 Å². The van der Waals surface area contributed by atoms with Crippen molar-refractivity contribution in [3.63, 3.8) is 0 Å². The molecule has 0 spiro atoms. The van der Waals surface area contributed by atoms with Gasteiger partial charge in [0.25, 0.3) is 0 Å². The third kappa shape index (κ3) is 2.62. The summed E-state index contributed by atoms with van der Waals surface area (Å²) >= 11 is 8.17. The number of rotatable bonds is 2. The van der Waals surface area contributed by atoms with Crippen molar-refractivity contribution >= 4 is 29.2 Å².